The van der Waals surface area contributed by atoms with E-state index in [4.69, 9.17) is 11.1 Å². The minimum absolute atomic E-state index is 0.0246. The molecule has 0 aromatic heterocycles. The molecule has 0 fully saturated rings. The van der Waals surface area contributed by atoms with Gasteiger partial charge in [0.2, 0.25) is 0 Å². The molecule has 0 aromatic carbocycles. The molecular formula is C10H20N4O. The van der Waals surface area contributed by atoms with Gasteiger partial charge in [-0.15, -0.1) is 0 Å². The number of nitrogens with one attached hydrogen (secondary N) is 3. The Morgan fingerprint density at radius 2 is 2.13 bits per heavy atom. The van der Waals surface area contributed by atoms with Gasteiger partial charge in [-0.1, -0.05) is 19.9 Å². The molecule has 0 heterocycles. The number of carbonyl (C=O) groups is 1. The maximum Gasteiger partial charge on any atom is 0.189 e. The van der Waals surface area contributed by atoms with Gasteiger partial charge in [-0.2, -0.15) is 0 Å². The number of Topliss-reactive ketones (excluding diaryl/α,β-unsaturated/α-hetero) is 1. The third kappa shape index (κ3) is 5.85. The van der Waals surface area contributed by atoms with Gasteiger partial charge in [0.05, 0.1) is 6.04 Å². The average molecular weight is 212 g/mol. The standard InChI is InChI=1S/C10H20N4O/c1-7(2)9(15)8(13-3)5-4-6-14-10(11)12/h4,6-8,13H,5H2,1-3H3,(H4,11,12,14)/b6-4+/t8-/m0/s1. The maximum absolute atomic E-state index is 11.6. The van der Waals surface area contributed by atoms with Crippen LogP contribution in [0.15, 0.2) is 12.3 Å². The molecule has 0 aliphatic rings. The molecule has 0 saturated carbocycles. The lowest BCUT2D eigenvalue weighted by Gasteiger charge is -2.14. The highest BCUT2D eigenvalue weighted by molar-refractivity contribution is 5.85. The van der Waals surface area contributed by atoms with E-state index in [1.165, 1.54) is 0 Å². The highest BCUT2D eigenvalue weighted by Gasteiger charge is 2.17. The normalized spacial score (nSPS) is 13.1. The number of hydrogen-bond acceptors (Lipinski definition) is 3. The van der Waals surface area contributed by atoms with Crippen LogP contribution in [0.1, 0.15) is 20.3 Å². The minimum Gasteiger partial charge on any atom is -0.370 e. The van der Waals surface area contributed by atoms with Crippen LogP contribution in [0.4, 0.5) is 0 Å². The molecule has 5 nitrogen and oxygen atoms in total. The third-order valence-corrected chi connectivity index (χ3v) is 1.99. The zero-order valence-corrected chi connectivity index (χ0v) is 9.50. The summed E-state index contributed by atoms with van der Waals surface area (Å²) in [6.07, 6.45) is 3.94. The molecule has 0 saturated heterocycles. The fourth-order valence-corrected chi connectivity index (χ4v) is 1.13. The van der Waals surface area contributed by atoms with Crippen LogP contribution in [0.5, 0.6) is 0 Å². The van der Waals surface area contributed by atoms with Gasteiger partial charge in [0.1, 0.15) is 0 Å². The van der Waals surface area contributed by atoms with Crippen LogP contribution < -0.4 is 16.4 Å². The summed E-state index contributed by atoms with van der Waals surface area (Å²) in [5.74, 6) is 0.101. The molecule has 5 heteroatoms. The topological polar surface area (TPSA) is 91.0 Å². The highest BCUT2D eigenvalue weighted by Crippen LogP contribution is 2.03. The molecule has 86 valence electrons. The molecule has 0 spiro atoms. The predicted molar refractivity (Wildman–Crippen MR) is 61.5 cm³/mol. The van der Waals surface area contributed by atoms with Crippen molar-refractivity contribution < 1.29 is 4.79 Å². The van der Waals surface area contributed by atoms with Crippen molar-refractivity contribution >= 4 is 11.7 Å². The molecule has 15 heavy (non-hydrogen) atoms. The number of hydrogen-bond donors (Lipinski definition) is 4. The molecule has 0 aliphatic carbocycles. The second-order valence-electron chi connectivity index (χ2n) is 3.59. The van der Waals surface area contributed by atoms with Gasteiger partial charge in [-0.3, -0.25) is 10.2 Å². The molecule has 0 bridgehead atoms. The molecule has 0 radical (unpaired) electrons. The SMILES string of the molecule is CN[C@@H](C/C=C/NC(=N)N)C(=O)C(C)C. The van der Waals surface area contributed by atoms with E-state index >= 15 is 0 Å². The predicted octanol–water partition coefficient (Wildman–Crippen LogP) is 0.186. The Morgan fingerprint density at radius 1 is 1.53 bits per heavy atom. The van der Waals surface area contributed by atoms with E-state index in [0.717, 1.165) is 0 Å². The number of nitrogens with two attached hydrogens (primary N) is 1. The largest absolute Gasteiger partial charge is 0.370 e. The Hall–Kier alpha value is -1.36. The molecule has 0 amide bonds. The van der Waals surface area contributed by atoms with E-state index < -0.39 is 0 Å². The summed E-state index contributed by atoms with van der Waals surface area (Å²) in [4.78, 5) is 11.6. The number of guanidine groups is 1. The van der Waals surface area contributed by atoms with Crippen molar-refractivity contribution in [2.45, 2.75) is 26.3 Å². The van der Waals surface area contributed by atoms with Crippen molar-refractivity contribution in [1.29, 1.82) is 5.41 Å². The second kappa shape index (κ2) is 7.00. The van der Waals surface area contributed by atoms with E-state index in [9.17, 15) is 4.79 Å². The fraction of sp³-hybridized carbons (Fsp3) is 0.600. The van der Waals surface area contributed by atoms with Gasteiger partial charge in [0.25, 0.3) is 0 Å². The summed E-state index contributed by atoms with van der Waals surface area (Å²) in [6.45, 7) is 3.76. The maximum atomic E-state index is 11.6. The summed E-state index contributed by atoms with van der Waals surface area (Å²) < 4.78 is 0. The van der Waals surface area contributed by atoms with Crippen LogP contribution in [-0.4, -0.2) is 24.8 Å². The Balaban J connectivity index is 4.06. The Morgan fingerprint density at radius 3 is 2.53 bits per heavy atom. The van der Waals surface area contributed by atoms with E-state index in [-0.39, 0.29) is 23.7 Å². The summed E-state index contributed by atoms with van der Waals surface area (Å²) in [6, 6.07) is -0.171. The van der Waals surface area contributed by atoms with Gasteiger partial charge < -0.3 is 16.4 Å². The number of ketones is 1. The second-order valence-corrected chi connectivity index (χ2v) is 3.59. The van der Waals surface area contributed by atoms with Crippen molar-refractivity contribution in [3.05, 3.63) is 12.3 Å². The Kier molecular flexibility index (Phi) is 6.37. The van der Waals surface area contributed by atoms with Crippen LogP contribution in [0, 0.1) is 11.3 Å². The first-order chi connectivity index (χ1) is 6.99. The lowest BCUT2D eigenvalue weighted by Crippen LogP contribution is -2.36. The number of likely N-dealkylation sites (N-methyl/N-ethyl adjacent to an activating group) is 1. The Labute approximate surface area is 90.6 Å². The third-order valence-electron chi connectivity index (χ3n) is 1.99. The van der Waals surface area contributed by atoms with Crippen molar-refractivity contribution in [2.24, 2.45) is 11.7 Å². The average Bonchev–Trinajstić information content (AvgIpc) is 2.16. The van der Waals surface area contributed by atoms with E-state index in [1.807, 2.05) is 13.8 Å². The summed E-state index contributed by atoms with van der Waals surface area (Å²) in [5.41, 5.74) is 5.09. The quantitative estimate of drug-likeness (QED) is 0.373. The molecule has 1 atom stereocenters. The lowest BCUT2D eigenvalue weighted by molar-refractivity contribution is -0.123. The monoisotopic (exact) mass is 212 g/mol. The molecular weight excluding hydrogens is 192 g/mol. The Bertz CT molecular complexity index is 248. The van der Waals surface area contributed by atoms with Gasteiger partial charge >= 0.3 is 0 Å². The van der Waals surface area contributed by atoms with Gasteiger partial charge in [-0.05, 0) is 19.7 Å². The van der Waals surface area contributed by atoms with E-state index in [2.05, 4.69) is 10.6 Å². The van der Waals surface area contributed by atoms with Gasteiger partial charge in [0.15, 0.2) is 11.7 Å². The summed E-state index contributed by atoms with van der Waals surface area (Å²) >= 11 is 0. The van der Waals surface area contributed by atoms with Crippen LogP contribution in [0.2, 0.25) is 0 Å². The lowest BCUT2D eigenvalue weighted by atomic mass is 9.99. The number of rotatable bonds is 6. The summed E-state index contributed by atoms with van der Waals surface area (Å²) in [5, 5.41) is 12.4. The van der Waals surface area contributed by atoms with Crippen molar-refractivity contribution in [3.8, 4) is 0 Å². The molecule has 0 unspecified atom stereocenters. The first-order valence-electron chi connectivity index (χ1n) is 4.95. The van der Waals surface area contributed by atoms with Crippen LogP contribution in [-0.2, 0) is 4.79 Å². The zero-order chi connectivity index (χ0) is 11.8. The van der Waals surface area contributed by atoms with Crippen LogP contribution in [0.25, 0.3) is 0 Å². The molecule has 0 aliphatic heterocycles. The first-order valence-corrected chi connectivity index (χ1v) is 4.95. The van der Waals surface area contributed by atoms with E-state index in [0.29, 0.717) is 6.42 Å². The van der Waals surface area contributed by atoms with Gasteiger partial charge in [-0.25, -0.2) is 0 Å². The molecule has 0 aromatic rings. The van der Waals surface area contributed by atoms with Crippen molar-refractivity contribution in [3.63, 3.8) is 0 Å². The smallest absolute Gasteiger partial charge is 0.189 e. The fourth-order valence-electron chi connectivity index (χ4n) is 1.13. The minimum atomic E-state index is -0.171. The van der Waals surface area contributed by atoms with E-state index in [1.54, 1.807) is 19.3 Å². The molecule has 5 N–H and O–H groups in total. The van der Waals surface area contributed by atoms with Crippen molar-refractivity contribution in [2.75, 3.05) is 7.05 Å². The molecule has 0 rings (SSSR count). The van der Waals surface area contributed by atoms with Gasteiger partial charge in [0, 0.05) is 5.92 Å². The zero-order valence-electron chi connectivity index (χ0n) is 9.50. The summed E-state index contributed by atoms with van der Waals surface area (Å²) in [7, 11) is 1.76. The van der Waals surface area contributed by atoms with Crippen LogP contribution in [0.3, 0.4) is 0 Å². The first kappa shape index (κ1) is 13.6. The van der Waals surface area contributed by atoms with Crippen LogP contribution >= 0.6 is 0 Å². The van der Waals surface area contributed by atoms with Crippen molar-refractivity contribution in [1.82, 2.24) is 10.6 Å². The highest BCUT2D eigenvalue weighted by atomic mass is 16.1. The number of carbonyl (C=O) groups excluding carboxylic acids is 1.